The van der Waals surface area contributed by atoms with E-state index in [0.717, 1.165) is 25.6 Å². The molecule has 1 N–H and O–H groups in total. The summed E-state index contributed by atoms with van der Waals surface area (Å²) in [6, 6.07) is 0.474. The van der Waals surface area contributed by atoms with Gasteiger partial charge in [-0.2, -0.15) is 0 Å². The van der Waals surface area contributed by atoms with Gasteiger partial charge in [0.25, 0.3) is 0 Å². The molecule has 0 saturated carbocycles. The number of carbonyl (C=O) groups excluding carboxylic acids is 1. The molecule has 0 aromatic rings. The summed E-state index contributed by atoms with van der Waals surface area (Å²) in [5.41, 5.74) is 0. The minimum Gasteiger partial charge on any atom is -0.343 e. The third-order valence-corrected chi connectivity index (χ3v) is 3.48. The molecule has 80 valence electrons. The Bertz CT molecular complexity index is 205. The van der Waals surface area contributed by atoms with Gasteiger partial charge in [-0.05, 0) is 31.7 Å². The summed E-state index contributed by atoms with van der Waals surface area (Å²) in [4.78, 5) is 13.8. The first-order chi connectivity index (χ1) is 6.75. The summed E-state index contributed by atoms with van der Waals surface area (Å²) in [5.74, 6) is 1.16. The van der Waals surface area contributed by atoms with Crippen LogP contribution in [0.2, 0.25) is 0 Å². The lowest BCUT2D eigenvalue weighted by Crippen LogP contribution is -2.47. The summed E-state index contributed by atoms with van der Waals surface area (Å²) in [7, 11) is 0. The molecule has 2 heterocycles. The van der Waals surface area contributed by atoms with Crippen LogP contribution in [0.1, 0.15) is 32.6 Å². The third-order valence-electron chi connectivity index (χ3n) is 3.48. The van der Waals surface area contributed by atoms with E-state index in [2.05, 4.69) is 12.2 Å². The van der Waals surface area contributed by atoms with Crippen molar-refractivity contribution in [1.29, 1.82) is 0 Å². The highest BCUT2D eigenvalue weighted by atomic mass is 16.2. The zero-order chi connectivity index (χ0) is 9.97. The number of nitrogens with zero attached hydrogens (tertiary/aromatic N) is 1. The van der Waals surface area contributed by atoms with Gasteiger partial charge >= 0.3 is 0 Å². The van der Waals surface area contributed by atoms with Crippen molar-refractivity contribution in [2.24, 2.45) is 5.92 Å². The number of hydrogen-bond acceptors (Lipinski definition) is 2. The van der Waals surface area contributed by atoms with Crippen molar-refractivity contribution in [2.75, 3.05) is 19.6 Å². The molecule has 0 spiro atoms. The summed E-state index contributed by atoms with van der Waals surface area (Å²) in [6.45, 7) is 5.32. The second-order valence-corrected chi connectivity index (χ2v) is 4.71. The van der Waals surface area contributed by atoms with E-state index in [1.165, 1.54) is 19.3 Å². The van der Waals surface area contributed by atoms with Crippen LogP contribution >= 0.6 is 0 Å². The van der Waals surface area contributed by atoms with Gasteiger partial charge in [-0.3, -0.25) is 4.79 Å². The number of amides is 1. The number of nitrogens with one attached hydrogen (secondary N) is 1. The monoisotopic (exact) mass is 196 g/mol. The van der Waals surface area contributed by atoms with Crippen LogP contribution in [0.25, 0.3) is 0 Å². The Balaban J connectivity index is 1.74. The smallest absolute Gasteiger partial charge is 0.224 e. The van der Waals surface area contributed by atoms with Crippen molar-refractivity contribution < 1.29 is 4.79 Å². The quantitative estimate of drug-likeness (QED) is 0.714. The predicted octanol–water partition coefficient (Wildman–Crippen LogP) is 0.997. The first-order valence-electron chi connectivity index (χ1n) is 5.77. The fourth-order valence-electron chi connectivity index (χ4n) is 2.12. The molecule has 2 aliphatic rings. The van der Waals surface area contributed by atoms with Crippen LogP contribution < -0.4 is 5.32 Å². The first kappa shape index (κ1) is 9.97. The van der Waals surface area contributed by atoms with Crippen molar-refractivity contribution in [3.05, 3.63) is 0 Å². The third kappa shape index (κ3) is 2.27. The van der Waals surface area contributed by atoms with Crippen molar-refractivity contribution in [1.82, 2.24) is 10.2 Å². The average Bonchev–Trinajstić information content (AvgIpc) is 2.12. The Morgan fingerprint density at radius 2 is 2.00 bits per heavy atom. The van der Waals surface area contributed by atoms with Gasteiger partial charge in [0.05, 0.1) is 0 Å². The largest absolute Gasteiger partial charge is 0.343 e. The molecule has 2 fully saturated rings. The Labute approximate surface area is 85.8 Å². The highest BCUT2D eigenvalue weighted by molar-refractivity contribution is 5.77. The van der Waals surface area contributed by atoms with Gasteiger partial charge in [0.15, 0.2) is 0 Å². The molecule has 2 rings (SSSR count). The highest BCUT2D eigenvalue weighted by Gasteiger charge is 2.25. The molecule has 2 aliphatic heterocycles. The first-order valence-corrected chi connectivity index (χ1v) is 5.77. The van der Waals surface area contributed by atoms with Gasteiger partial charge in [0, 0.05) is 25.6 Å². The molecule has 0 aromatic carbocycles. The maximum Gasteiger partial charge on any atom is 0.224 e. The summed E-state index contributed by atoms with van der Waals surface area (Å²) in [6.07, 6.45) is 4.26. The second-order valence-electron chi connectivity index (χ2n) is 4.71. The normalized spacial score (nSPS) is 28.6. The van der Waals surface area contributed by atoms with Gasteiger partial charge in [-0.25, -0.2) is 0 Å². The molecule has 0 bridgehead atoms. The molecular weight excluding hydrogens is 176 g/mol. The molecular formula is C11H20N2O. The van der Waals surface area contributed by atoms with Gasteiger partial charge < -0.3 is 10.2 Å². The lowest BCUT2D eigenvalue weighted by Gasteiger charge is -2.33. The summed E-state index contributed by atoms with van der Waals surface area (Å²) in [5, 5.41) is 3.28. The topological polar surface area (TPSA) is 32.3 Å². The lowest BCUT2D eigenvalue weighted by atomic mass is 9.97. The van der Waals surface area contributed by atoms with Gasteiger partial charge in [0.1, 0.15) is 0 Å². The van der Waals surface area contributed by atoms with E-state index in [4.69, 9.17) is 0 Å². The number of likely N-dealkylation sites (tertiary alicyclic amines) is 1. The molecule has 1 amide bonds. The minimum atomic E-state index is 0.356. The SMILES string of the molecule is CC1CCN(C(=O)CC2CCN2)CC1. The lowest BCUT2D eigenvalue weighted by molar-refractivity contribution is -0.133. The van der Waals surface area contributed by atoms with Crippen molar-refractivity contribution in [3.8, 4) is 0 Å². The van der Waals surface area contributed by atoms with E-state index < -0.39 is 0 Å². The Morgan fingerprint density at radius 3 is 2.50 bits per heavy atom. The molecule has 3 nitrogen and oxygen atoms in total. The van der Waals surface area contributed by atoms with E-state index in [-0.39, 0.29) is 0 Å². The number of hydrogen-bond donors (Lipinski definition) is 1. The molecule has 1 atom stereocenters. The molecule has 0 aromatic heterocycles. The summed E-state index contributed by atoms with van der Waals surface area (Å²) < 4.78 is 0. The average molecular weight is 196 g/mol. The van der Waals surface area contributed by atoms with Crippen molar-refractivity contribution in [3.63, 3.8) is 0 Å². The van der Waals surface area contributed by atoms with Crippen LogP contribution in [-0.4, -0.2) is 36.5 Å². The Kier molecular flexibility index (Phi) is 3.06. The van der Waals surface area contributed by atoms with Gasteiger partial charge in [-0.15, -0.1) is 0 Å². The van der Waals surface area contributed by atoms with Crippen molar-refractivity contribution >= 4 is 5.91 Å². The van der Waals surface area contributed by atoms with Crippen LogP contribution in [0, 0.1) is 5.92 Å². The van der Waals surface area contributed by atoms with Crippen LogP contribution in [0.5, 0.6) is 0 Å². The maximum absolute atomic E-state index is 11.8. The fraction of sp³-hybridized carbons (Fsp3) is 0.909. The van der Waals surface area contributed by atoms with E-state index in [9.17, 15) is 4.79 Å². The van der Waals surface area contributed by atoms with E-state index >= 15 is 0 Å². The van der Waals surface area contributed by atoms with Crippen LogP contribution in [-0.2, 0) is 4.79 Å². The Morgan fingerprint density at radius 1 is 1.36 bits per heavy atom. The van der Waals surface area contributed by atoms with Crippen molar-refractivity contribution in [2.45, 2.75) is 38.6 Å². The summed E-state index contributed by atoms with van der Waals surface area (Å²) >= 11 is 0. The number of rotatable bonds is 2. The molecule has 14 heavy (non-hydrogen) atoms. The van der Waals surface area contributed by atoms with E-state index in [1.54, 1.807) is 0 Å². The second kappa shape index (κ2) is 4.30. The van der Waals surface area contributed by atoms with Crippen LogP contribution in [0.15, 0.2) is 0 Å². The van der Waals surface area contributed by atoms with Gasteiger partial charge in [-0.1, -0.05) is 6.92 Å². The molecule has 0 aliphatic carbocycles. The Hall–Kier alpha value is -0.570. The molecule has 1 unspecified atom stereocenters. The number of carbonyl (C=O) groups is 1. The number of piperidine rings is 1. The predicted molar refractivity (Wildman–Crippen MR) is 56.0 cm³/mol. The standard InChI is InChI=1S/C11H20N2O/c1-9-3-6-13(7-4-9)11(14)8-10-2-5-12-10/h9-10,12H,2-8H2,1H3. The zero-order valence-corrected chi connectivity index (χ0v) is 8.96. The minimum absolute atomic E-state index is 0.356. The molecule has 3 heteroatoms. The van der Waals surface area contributed by atoms with Crippen LogP contribution in [0.4, 0.5) is 0 Å². The zero-order valence-electron chi connectivity index (χ0n) is 8.96. The van der Waals surface area contributed by atoms with Crippen LogP contribution in [0.3, 0.4) is 0 Å². The maximum atomic E-state index is 11.8. The highest BCUT2D eigenvalue weighted by Crippen LogP contribution is 2.18. The fourth-order valence-corrected chi connectivity index (χ4v) is 2.12. The van der Waals surface area contributed by atoms with E-state index in [0.29, 0.717) is 18.4 Å². The van der Waals surface area contributed by atoms with Gasteiger partial charge in [0.2, 0.25) is 5.91 Å². The molecule has 0 radical (unpaired) electrons. The van der Waals surface area contributed by atoms with E-state index in [1.807, 2.05) is 4.90 Å². The molecule has 2 saturated heterocycles.